The molecule has 2 aromatic heterocycles. The molecule has 0 fully saturated rings. The molecule has 3 nitrogen and oxygen atoms in total. The molecule has 1 aromatic carbocycles. The molecule has 0 spiro atoms. The normalized spacial score (nSPS) is 14.2. The van der Waals surface area contributed by atoms with Crippen LogP contribution in [0.1, 0.15) is 41.3 Å². The monoisotopic (exact) mass is 319 g/mol. The number of benzene rings is 1. The molecule has 0 saturated carbocycles. The van der Waals surface area contributed by atoms with Crippen molar-refractivity contribution in [1.29, 1.82) is 0 Å². The first-order valence-corrected chi connectivity index (χ1v) is 8.97. The molecule has 0 bridgehead atoms. The van der Waals surface area contributed by atoms with Crippen LogP contribution < -0.4 is 4.90 Å². The van der Waals surface area contributed by atoms with Gasteiger partial charge in [0.05, 0.1) is 5.52 Å². The van der Waals surface area contributed by atoms with Crippen LogP contribution in [0.3, 0.4) is 0 Å². The quantitative estimate of drug-likeness (QED) is 0.759. The first kappa shape index (κ1) is 15.3. The Bertz CT molecular complexity index is 891. The number of nitrogens with one attached hydrogen (secondary N) is 1. The van der Waals surface area contributed by atoms with Crippen LogP contribution in [0.5, 0.6) is 0 Å². The van der Waals surface area contributed by atoms with Crippen LogP contribution in [0.4, 0.5) is 5.82 Å². The van der Waals surface area contributed by atoms with Crippen LogP contribution in [0, 0.1) is 13.8 Å². The van der Waals surface area contributed by atoms with E-state index in [2.05, 4.69) is 54.9 Å². The van der Waals surface area contributed by atoms with Gasteiger partial charge in [-0.1, -0.05) is 31.5 Å². The second-order valence-corrected chi connectivity index (χ2v) is 6.91. The third-order valence-electron chi connectivity index (χ3n) is 5.38. The van der Waals surface area contributed by atoms with Crippen molar-refractivity contribution in [1.82, 2.24) is 9.97 Å². The van der Waals surface area contributed by atoms with Gasteiger partial charge in [0.15, 0.2) is 0 Å². The predicted octanol–water partition coefficient (Wildman–Crippen LogP) is 4.69. The summed E-state index contributed by atoms with van der Waals surface area (Å²) in [4.78, 5) is 10.7. The molecule has 0 aliphatic carbocycles. The first-order valence-electron chi connectivity index (χ1n) is 8.97. The van der Waals surface area contributed by atoms with Gasteiger partial charge >= 0.3 is 0 Å². The van der Waals surface area contributed by atoms with Gasteiger partial charge in [-0.15, -0.1) is 0 Å². The smallest absolute Gasteiger partial charge is 0.138 e. The maximum absolute atomic E-state index is 4.76. The Morgan fingerprint density at radius 2 is 2.08 bits per heavy atom. The van der Waals surface area contributed by atoms with Gasteiger partial charge in [-0.2, -0.15) is 0 Å². The van der Waals surface area contributed by atoms with Gasteiger partial charge in [0.2, 0.25) is 0 Å². The van der Waals surface area contributed by atoms with Gasteiger partial charge < -0.3 is 9.88 Å². The number of hydrogen-bond donors (Lipinski definition) is 1. The molecule has 0 radical (unpaired) electrons. The number of pyridine rings is 1. The summed E-state index contributed by atoms with van der Waals surface area (Å²) in [5.74, 6) is 1.13. The highest BCUT2D eigenvalue weighted by molar-refractivity contribution is 5.94. The molecule has 3 heterocycles. The predicted molar refractivity (Wildman–Crippen MR) is 101 cm³/mol. The SMILES string of the molecule is CCCc1cccc2c1CN(c1nccc3[nH]c(C)c(C)c13)CC2. The highest BCUT2D eigenvalue weighted by Crippen LogP contribution is 2.33. The molecular formula is C21H25N3. The maximum atomic E-state index is 4.76. The van der Waals surface area contributed by atoms with E-state index in [1.54, 1.807) is 0 Å². The minimum Gasteiger partial charge on any atom is -0.358 e. The molecule has 4 rings (SSSR count). The van der Waals surface area contributed by atoms with E-state index in [-0.39, 0.29) is 0 Å². The molecule has 1 aliphatic rings. The highest BCUT2D eigenvalue weighted by atomic mass is 15.2. The zero-order valence-corrected chi connectivity index (χ0v) is 14.8. The number of anilines is 1. The lowest BCUT2D eigenvalue weighted by atomic mass is 9.92. The van der Waals surface area contributed by atoms with Crippen LogP contribution in [0.15, 0.2) is 30.5 Å². The lowest BCUT2D eigenvalue weighted by Crippen LogP contribution is -2.32. The number of hydrogen-bond acceptors (Lipinski definition) is 2. The summed E-state index contributed by atoms with van der Waals surface area (Å²) in [5.41, 5.74) is 8.31. The number of H-pyrrole nitrogens is 1. The Morgan fingerprint density at radius 1 is 1.21 bits per heavy atom. The van der Waals surface area contributed by atoms with Gasteiger partial charge in [0.1, 0.15) is 5.82 Å². The average Bonchev–Trinajstić information content (AvgIpc) is 2.90. The van der Waals surface area contributed by atoms with Crippen LogP contribution in [0.2, 0.25) is 0 Å². The fourth-order valence-corrected chi connectivity index (χ4v) is 3.98. The molecule has 3 heteroatoms. The number of nitrogens with zero attached hydrogens (tertiary/aromatic N) is 2. The van der Waals surface area contributed by atoms with E-state index in [0.29, 0.717) is 0 Å². The molecule has 0 atom stereocenters. The largest absolute Gasteiger partial charge is 0.358 e. The van der Waals surface area contributed by atoms with Gasteiger partial charge in [-0.3, -0.25) is 0 Å². The summed E-state index contributed by atoms with van der Waals surface area (Å²) in [7, 11) is 0. The minimum atomic E-state index is 0.973. The fraction of sp³-hybridized carbons (Fsp3) is 0.381. The summed E-state index contributed by atoms with van der Waals surface area (Å²) >= 11 is 0. The van der Waals surface area contributed by atoms with E-state index in [0.717, 1.165) is 31.7 Å². The van der Waals surface area contributed by atoms with Gasteiger partial charge in [0, 0.05) is 30.4 Å². The number of aromatic nitrogens is 2. The number of rotatable bonds is 3. The summed E-state index contributed by atoms with van der Waals surface area (Å²) in [6.07, 6.45) is 5.39. The molecule has 3 aromatic rings. The van der Waals surface area contributed by atoms with E-state index in [1.165, 1.54) is 45.3 Å². The zero-order valence-electron chi connectivity index (χ0n) is 14.8. The number of aryl methyl sites for hydroxylation is 3. The molecule has 1 aliphatic heterocycles. The molecule has 0 saturated heterocycles. The van der Waals surface area contributed by atoms with Crippen molar-refractivity contribution >= 4 is 16.7 Å². The van der Waals surface area contributed by atoms with Crippen LogP contribution >= 0.6 is 0 Å². The second-order valence-electron chi connectivity index (χ2n) is 6.91. The third-order valence-corrected chi connectivity index (χ3v) is 5.38. The van der Waals surface area contributed by atoms with E-state index in [9.17, 15) is 0 Å². The Labute approximate surface area is 143 Å². The standard InChI is InChI=1S/C21H25N3/c1-4-6-16-7-5-8-17-10-12-24(13-18(16)17)21-20-14(2)15(3)23-19(20)9-11-22-21/h5,7-9,11,23H,4,6,10,12-13H2,1-3H3. The first-order chi connectivity index (χ1) is 11.7. The van der Waals surface area contributed by atoms with E-state index in [4.69, 9.17) is 4.98 Å². The average molecular weight is 319 g/mol. The van der Waals surface area contributed by atoms with Crippen molar-refractivity contribution < 1.29 is 0 Å². The Hall–Kier alpha value is -2.29. The third kappa shape index (κ3) is 2.39. The molecule has 1 N–H and O–H groups in total. The van der Waals surface area contributed by atoms with Crippen LogP contribution in [-0.2, 0) is 19.4 Å². The van der Waals surface area contributed by atoms with Crippen molar-refractivity contribution in [2.24, 2.45) is 0 Å². The van der Waals surface area contributed by atoms with E-state index in [1.807, 2.05) is 6.20 Å². The minimum absolute atomic E-state index is 0.973. The van der Waals surface area contributed by atoms with E-state index < -0.39 is 0 Å². The fourth-order valence-electron chi connectivity index (χ4n) is 3.98. The van der Waals surface area contributed by atoms with Crippen LogP contribution in [-0.4, -0.2) is 16.5 Å². The lowest BCUT2D eigenvalue weighted by Gasteiger charge is -2.32. The molecule has 24 heavy (non-hydrogen) atoms. The summed E-state index contributed by atoms with van der Waals surface area (Å²) in [5, 5.41) is 1.28. The van der Waals surface area contributed by atoms with Gasteiger partial charge in [-0.25, -0.2) is 4.98 Å². The summed E-state index contributed by atoms with van der Waals surface area (Å²) in [6, 6.07) is 8.90. The molecule has 0 unspecified atom stereocenters. The Morgan fingerprint density at radius 3 is 2.92 bits per heavy atom. The van der Waals surface area contributed by atoms with E-state index >= 15 is 0 Å². The van der Waals surface area contributed by atoms with Crippen molar-refractivity contribution in [3.63, 3.8) is 0 Å². The maximum Gasteiger partial charge on any atom is 0.138 e. The van der Waals surface area contributed by atoms with Gasteiger partial charge in [-0.05, 0) is 55.0 Å². The molecule has 124 valence electrons. The Balaban J connectivity index is 1.78. The van der Waals surface area contributed by atoms with Crippen molar-refractivity contribution in [3.8, 4) is 0 Å². The number of aromatic amines is 1. The summed E-state index contributed by atoms with van der Waals surface area (Å²) < 4.78 is 0. The Kier molecular flexibility index (Phi) is 3.79. The lowest BCUT2D eigenvalue weighted by molar-refractivity contribution is 0.712. The van der Waals surface area contributed by atoms with Crippen molar-refractivity contribution in [2.45, 2.75) is 46.6 Å². The highest BCUT2D eigenvalue weighted by Gasteiger charge is 2.22. The van der Waals surface area contributed by atoms with Crippen molar-refractivity contribution in [2.75, 3.05) is 11.4 Å². The molecular weight excluding hydrogens is 294 g/mol. The van der Waals surface area contributed by atoms with Crippen molar-refractivity contribution in [3.05, 3.63) is 58.4 Å². The van der Waals surface area contributed by atoms with Crippen LogP contribution in [0.25, 0.3) is 10.9 Å². The summed E-state index contributed by atoms with van der Waals surface area (Å²) in [6.45, 7) is 8.61. The molecule has 0 amide bonds. The zero-order chi connectivity index (χ0) is 16.7. The van der Waals surface area contributed by atoms with Gasteiger partial charge in [0.25, 0.3) is 0 Å². The second kappa shape index (κ2) is 5.97. The number of fused-ring (bicyclic) bond motifs is 2. The topological polar surface area (TPSA) is 31.9 Å².